The molecule has 0 bridgehead atoms. The van der Waals surface area contributed by atoms with Crippen LogP contribution < -0.4 is 14.8 Å². The highest BCUT2D eigenvalue weighted by atomic mass is 32.1. The molecule has 2 aromatic rings. The standard InChI is InChI=1S/C20H23NO6S/c1-5-26-20(24)14-9-17(12(2)3)28-19(14)21-18(23)11-27-16-8-13(10-22)6-7-15(16)25-4/h6-10,12H,5,11H2,1-4H3,(H,21,23). The summed E-state index contributed by atoms with van der Waals surface area (Å²) in [6.45, 7) is 5.66. The first-order valence-electron chi connectivity index (χ1n) is 8.76. The Kier molecular flexibility index (Phi) is 7.57. The van der Waals surface area contributed by atoms with Crippen LogP contribution in [0, 0.1) is 0 Å². The summed E-state index contributed by atoms with van der Waals surface area (Å²) in [7, 11) is 1.47. The summed E-state index contributed by atoms with van der Waals surface area (Å²) in [5.41, 5.74) is 0.727. The average molecular weight is 405 g/mol. The van der Waals surface area contributed by atoms with Crippen molar-refractivity contribution in [3.05, 3.63) is 40.3 Å². The highest BCUT2D eigenvalue weighted by molar-refractivity contribution is 7.16. The van der Waals surface area contributed by atoms with Crippen LogP contribution in [0.15, 0.2) is 24.3 Å². The van der Waals surface area contributed by atoms with Crippen molar-refractivity contribution >= 4 is 34.5 Å². The van der Waals surface area contributed by atoms with E-state index in [0.717, 1.165) is 4.88 Å². The van der Waals surface area contributed by atoms with Gasteiger partial charge in [-0.15, -0.1) is 11.3 Å². The van der Waals surface area contributed by atoms with Crippen LogP contribution in [0.4, 0.5) is 5.00 Å². The average Bonchev–Trinajstić information content (AvgIpc) is 3.10. The molecule has 1 aromatic carbocycles. The number of methoxy groups -OCH3 is 1. The first-order chi connectivity index (χ1) is 13.4. The van der Waals surface area contributed by atoms with Gasteiger partial charge in [-0.3, -0.25) is 9.59 Å². The third-order valence-electron chi connectivity index (χ3n) is 3.75. The van der Waals surface area contributed by atoms with E-state index in [4.69, 9.17) is 14.2 Å². The Morgan fingerprint density at radius 1 is 1.21 bits per heavy atom. The molecule has 0 saturated carbocycles. The molecule has 0 saturated heterocycles. The first-order valence-corrected chi connectivity index (χ1v) is 9.57. The number of hydrogen-bond donors (Lipinski definition) is 1. The van der Waals surface area contributed by atoms with Gasteiger partial charge in [-0.1, -0.05) is 13.8 Å². The maximum Gasteiger partial charge on any atom is 0.341 e. The Morgan fingerprint density at radius 2 is 1.96 bits per heavy atom. The molecular formula is C20H23NO6S. The minimum absolute atomic E-state index is 0.204. The maximum atomic E-state index is 12.4. The van der Waals surface area contributed by atoms with E-state index >= 15 is 0 Å². The van der Waals surface area contributed by atoms with E-state index in [0.29, 0.717) is 28.2 Å². The monoisotopic (exact) mass is 405 g/mol. The molecule has 150 valence electrons. The van der Waals surface area contributed by atoms with Crippen LogP contribution in [-0.4, -0.2) is 38.5 Å². The largest absolute Gasteiger partial charge is 0.493 e. The highest BCUT2D eigenvalue weighted by Crippen LogP contribution is 2.33. The molecule has 0 spiro atoms. The van der Waals surface area contributed by atoms with Crippen molar-refractivity contribution in [2.75, 3.05) is 25.6 Å². The molecule has 1 aromatic heterocycles. The third-order valence-corrected chi connectivity index (χ3v) is 5.10. The number of hydrogen-bond acceptors (Lipinski definition) is 7. The Bertz CT molecular complexity index is 858. The molecule has 0 fully saturated rings. The molecule has 0 aliphatic rings. The predicted molar refractivity (Wildman–Crippen MR) is 107 cm³/mol. The minimum atomic E-state index is -0.484. The summed E-state index contributed by atoms with van der Waals surface area (Å²) < 4.78 is 15.7. The molecule has 7 nitrogen and oxygen atoms in total. The smallest absolute Gasteiger partial charge is 0.341 e. The Morgan fingerprint density at radius 3 is 2.57 bits per heavy atom. The lowest BCUT2D eigenvalue weighted by Crippen LogP contribution is -2.21. The van der Waals surface area contributed by atoms with Gasteiger partial charge in [-0.25, -0.2) is 4.79 Å². The number of carbonyl (C=O) groups is 3. The summed E-state index contributed by atoms with van der Waals surface area (Å²) in [5.74, 6) is -0.0374. The zero-order valence-electron chi connectivity index (χ0n) is 16.2. The second-order valence-corrected chi connectivity index (χ2v) is 7.22. The van der Waals surface area contributed by atoms with Crippen molar-refractivity contribution in [2.45, 2.75) is 26.7 Å². The van der Waals surface area contributed by atoms with E-state index in [1.807, 2.05) is 13.8 Å². The van der Waals surface area contributed by atoms with Crippen LogP contribution in [0.1, 0.15) is 52.3 Å². The number of nitrogens with one attached hydrogen (secondary N) is 1. The van der Waals surface area contributed by atoms with Crippen LogP contribution in [0.5, 0.6) is 11.5 Å². The fourth-order valence-corrected chi connectivity index (χ4v) is 3.40. The maximum absolute atomic E-state index is 12.4. The van der Waals surface area contributed by atoms with Crippen molar-refractivity contribution in [2.24, 2.45) is 0 Å². The number of ether oxygens (including phenoxy) is 3. The SMILES string of the molecule is CCOC(=O)c1cc(C(C)C)sc1NC(=O)COc1cc(C=O)ccc1OC. The second kappa shape index (κ2) is 9.89. The summed E-state index contributed by atoms with van der Waals surface area (Å²) in [6, 6.07) is 6.40. The molecule has 1 amide bonds. The van der Waals surface area contributed by atoms with Gasteiger partial charge >= 0.3 is 5.97 Å². The molecular weight excluding hydrogens is 382 g/mol. The minimum Gasteiger partial charge on any atom is -0.493 e. The van der Waals surface area contributed by atoms with E-state index in [1.165, 1.54) is 24.5 Å². The first kappa shape index (κ1) is 21.4. The van der Waals surface area contributed by atoms with Crippen molar-refractivity contribution < 1.29 is 28.6 Å². The van der Waals surface area contributed by atoms with Crippen LogP contribution in [0.2, 0.25) is 0 Å². The number of amides is 1. The van der Waals surface area contributed by atoms with Crippen LogP contribution in [0.3, 0.4) is 0 Å². The van der Waals surface area contributed by atoms with Crippen molar-refractivity contribution in [3.63, 3.8) is 0 Å². The second-order valence-electron chi connectivity index (χ2n) is 6.13. The van der Waals surface area contributed by atoms with E-state index in [2.05, 4.69) is 5.32 Å². The number of aldehydes is 1. The Balaban J connectivity index is 2.13. The molecule has 0 aliphatic heterocycles. The topological polar surface area (TPSA) is 90.9 Å². The van der Waals surface area contributed by atoms with E-state index in [-0.39, 0.29) is 24.9 Å². The highest BCUT2D eigenvalue weighted by Gasteiger charge is 2.20. The summed E-state index contributed by atoms with van der Waals surface area (Å²) in [6.07, 6.45) is 0.678. The fraction of sp³-hybridized carbons (Fsp3) is 0.350. The van der Waals surface area contributed by atoms with Gasteiger partial charge < -0.3 is 19.5 Å². The molecule has 1 heterocycles. The fourth-order valence-electron chi connectivity index (χ4n) is 2.33. The molecule has 28 heavy (non-hydrogen) atoms. The molecule has 1 N–H and O–H groups in total. The van der Waals surface area contributed by atoms with E-state index < -0.39 is 11.9 Å². The number of esters is 1. The summed E-state index contributed by atoms with van der Waals surface area (Å²) in [5, 5.41) is 3.13. The number of rotatable bonds is 9. The van der Waals surface area contributed by atoms with Crippen LogP contribution in [0.25, 0.3) is 0 Å². The van der Waals surface area contributed by atoms with Gasteiger partial charge in [0.2, 0.25) is 0 Å². The molecule has 0 aliphatic carbocycles. The summed E-state index contributed by atoms with van der Waals surface area (Å²) in [4.78, 5) is 36.4. The summed E-state index contributed by atoms with van der Waals surface area (Å²) >= 11 is 1.33. The van der Waals surface area contributed by atoms with Crippen LogP contribution >= 0.6 is 11.3 Å². The Labute approximate surface area is 167 Å². The number of benzene rings is 1. The van der Waals surface area contributed by atoms with Gasteiger partial charge in [0, 0.05) is 10.4 Å². The lowest BCUT2D eigenvalue weighted by molar-refractivity contribution is -0.118. The Hall–Kier alpha value is -2.87. The van der Waals surface area contributed by atoms with Gasteiger partial charge in [-0.05, 0) is 37.1 Å². The number of thiophene rings is 1. The quantitative estimate of drug-likeness (QED) is 0.503. The van der Waals surface area contributed by atoms with Gasteiger partial charge in [0.15, 0.2) is 18.1 Å². The van der Waals surface area contributed by atoms with E-state index in [9.17, 15) is 14.4 Å². The predicted octanol–water partition coefficient (Wildman–Crippen LogP) is 3.89. The lowest BCUT2D eigenvalue weighted by atomic mass is 10.1. The number of anilines is 1. The molecule has 0 unspecified atom stereocenters. The van der Waals surface area contributed by atoms with Gasteiger partial charge in [0.25, 0.3) is 5.91 Å². The molecule has 2 rings (SSSR count). The van der Waals surface area contributed by atoms with Gasteiger partial charge in [0.05, 0.1) is 19.3 Å². The van der Waals surface area contributed by atoms with Gasteiger partial charge in [0.1, 0.15) is 11.3 Å². The molecule has 0 radical (unpaired) electrons. The normalized spacial score (nSPS) is 10.5. The molecule has 0 atom stereocenters. The zero-order chi connectivity index (χ0) is 20.7. The van der Waals surface area contributed by atoms with Crippen LogP contribution in [-0.2, 0) is 9.53 Å². The third kappa shape index (κ3) is 5.32. The zero-order valence-corrected chi connectivity index (χ0v) is 17.1. The lowest BCUT2D eigenvalue weighted by Gasteiger charge is -2.11. The van der Waals surface area contributed by atoms with Crippen molar-refractivity contribution in [1.29, 1.82) is 0 Å². The van der Waals surface area contributed by atoms with E-state index in [1.54, 1.807) is 25.1 Å². The van der Waals surface area contributed by atoms with Crippen molar-refractivity contribution in [3.8, 4) is 11.5 Å². The van der Waals surface area contributed by atoms with Crippen molar-refractivity contribution in [1.82, 2.24) is 0 Å². The van der Waals surface area contributed by atoms with Gasteiger partial charge in [-0.2, -0.15) is 0 Å². The molecule has 8 heteroatoms. The number of carbonyl (C=O) groups excluding carboxylic acids is 3.